The third-order valence-corrected chi connectivity index (χ3v) is 6.70. The van der Waals surface area contributed by atoms with Gasteiger partial charge in [0, 0.05) is 38.4 Å². The average molecular weight is 391 g/mol. The fraction of sp³-hybridized carbons (Fsp3) is 0.688. The smallest absolute Gasteiger partial charge is 0.270 e. The molecule has 2 aliphatic heterocycles. The van der Waals surface area contributed by atoms with E-state index < -0.39 is 10.0 Å². The first-order chi connectivity index (χ1) is 11.5. The lowest BCUT2D eigenvalue weighted by Gasteiger charge is -2.26. The zero-order valence-electron chi connectivity index (χ0n) is 14.5. The molecule has 2 fully saturated rings. The second kappa shape index (κ2) is 8.53. The van der Waals surface area contributed by atoms with Crippen LogP contribution in [0, 0.1) is 0 Å². The van der Waals surface area contributed by atoms with E-state index in [-0.39, 0.29) is 29.3 Å². The molecule has 1 atom stereocenters. The first-order valence-corrected chi connectivity index (χ1v) is 10.2. The third kappa shape index (κ3) is 4.19. The number of hydrogen-bond acceptors (Lipinski definition) is 4. The summed E-state index contributed by atoms with van der Waals surface area (Å²) >= 11 is 0. The van der Waals surface area contributed by atoms with E-state index in [9.17, 15) is 13.2 Å². The first-order valence-electron chi connectivity index (χ1n) is 8.74. The maximum atomic E-state index is 13.0. The SMILES string of the molecule is CCCN(C1CCNC1)S(=O)(=O)c1c[nH]c(C(=O)N2CCCC2)c1.Cl. The highest BCUT2D eigenvalue weighted by Gasteiger charge is 2.34. The number of hydrogen-bond donors (Lipinski definition) is 2. The number of halogens is 1. The monoisotopic (exact) mass is 390 g/mol. The molecule has 3 heterocycles. The standard InChI is InChI=1S/C16H26N4O3S.ClH/c1-2-7-20(13-5-6-17-11-13)24(22,23)14-10-15(18-12-14)16(21)19-8-3-4-9-19;/h10,12-13,17-18H,2-9,11H2,1H3;1H. The van der Waals surface area contributed by atoms with Crippen molar-refractivity contribution in [3.63, 3.8) is 0 Å². The van der Waals surface area contributed by atoms with E-state index in [0.29, 0.717) is 18.8 Å². The second-order valence-electron chi connectivity index (χ2n) is 6.51. The van der Waals surface area contributed by atoms with Crippen LogP contribution in [0.15, 0.2) is 17.2 Å². The van der Waals surface area contributed by atoms with Crippen molar-refractivity contribution >= 4 is 28.3 Å². The van der Waals surface area contributed by atoms with Crippen molar-refractivity contribution in [3.8, 4) is 0 Å². The Hall–Kier alpha value is -1.09. The summed E-state index contributed by atoms with van der Waals surface area (Å²) < 4.78 is 27.6. The minimum Gasteiger partial charge on any atom is -0.356 e. The highest BCUT2D eigenvalue weighted by atomic mass is 35.5. The van der Waals surface area contributed by atoms with Crippen molar-refractivity contribution in [2.75, 3.05) is 32.7 Å². The van der Waals surface area contributed by atoms with E-state index in [1.54, 1.807) is 9.21 Å². The Morgan fingerprint density at radius 3 is 2.68 bits per heavy atom. The van der Waals surface area contributed by atoms with E-state index in [4.69, 9.17) is 0 Å². The predicted octanol–water partition coefficient (Wildman–Crippen LogP) is 1.44. The van der Waals surface area contributed by atoms with Crippen LogP contribution in [0.4, 0.5) is 0 Å². The molecule has 0 spiro atoms. The summed E-state index contributed by atoms with van der Waals surface area (Å²) in [5.74, 6) is -0.112. The lowest BCUT2D eigenvalue weighted by atomic mass is 10.2. The quantitative estimate of drug-likeness (QED) is 0.769. The number of carbonyl (C=O) groups is 1. The molecule has 1 amide bonds. The number of H-pyrrole nitrogens is 1. The Balaban J connectivity index is 0.00000225. The summed E-state index contributed by atoms with van der Waals surface area (Å²) in [6.45, 7) is 5.49. The molecule has 7 nitrogen and oxygen atoms in total. The highest BCUT2D eigenvalue weighted by Crippen LogP contribution is 2.23. The van der Waals surface area contributed by atoms with Crippen LogP contribution in [0.5, 0.6) is 0 Å². The number of rotatable bonds is 6. The molecule has 2 saturated heterocycles. The number of amides is 1. The van der Waals surface area contributed by atoms with Gasteiger partial charge in [0.15, 0.2) is 0 Å². The van der Waals surface area contributed by atoms with Gasteiger partial charge in [-0.05, 0) is 38.3 Å². The summed E-state index contributed by atoms with van der Waals surface area (Å²) in [6, 6.07) is 1.48. The molecule has 0 radical (unpaired) electrons. The molecule has 25 heavy (non-hydrogen) atoms. The van der Waals surface area contributed by atoms with Gasteiger partial charge in [0.1, 0.15) is 10.6 Å². The molecule has 9 heteroatoms. The summed E-state index contributed by atoms with van der Waals surface area (Å²) in [6.07, 6.45) is 5.06. The molecule has 0 aromatic carbocycles. The van der Waals surface area contributed by atoms with Gasteiger partial charge in [-0.3, -0.25) is 4.79 Å². The summed E-state index contributed by atoms with van der Waals surface area (Å²) in [7, 11) is -3.59. The number of aromatic nitrogens is 1. The van der Waals surface area contributed by atoms with Gasteiger partial charge < -0.3 is 15.2 Å². The number of aromatic amines is 1. The molecule has 1 unspecified atom stereocenters. The first kappa shape index (κ1) is 20.2. The molecular formula is C16H27ClN4O3S. The van der Waals surface area contributed by atoms with Gasteiger partial charge in [0.25, 0.3) is 5.91 Å². The predicted molar refractivity (Wildman–Crippen MR) is 98.6 cm³/mol. The van der Waals surface area contributed by atoms with Gasteiger partial charge >= 0.3 is 0 Å². The van der Waals surface area contributed by atoms with E-state index >= 15 is 0 Å². The second-order valence-corrected chi connectivity index (χ2v) is 8.40. The maximum Gasteiger partial charge on any atom is 0.270 e. The van der Waals surface area contributed by atoms with Crippen molar-refractivity contribution in [2.45, 2.75) is 43.5 Å². The van der Waals surface area contributed by atoms with E-state index in [1.165, 1.54) is 12.3 Å². The Labute approximate surface area is 155 Å². The highest BCUT2D eigenvalue weighted by molar-refractivity contribution is 7.89. The van der Waals surface area contributed by atoms with Crippen molar-refractivity contribution in [2.24, 2.45) is 0 Å². The third-order valence-electron chi connectivity index (χ3n) is 4.77. The fourth-order valence-electron chi connectivity index (χ4n) is 3.48. The number of nitrogens with one attached hydrogen (secondary N) is 2. The Kier molecular flexibility index (Phi) is 6.90. The van der Waals surface area contributed by atoms with Crippen molar-refractivity contribution in [3.05, 3.63) is 18.0 Å². The molecule has 0 saturated carbocycles. The zero-order valence-corrected chi connectivity index (χ0v) is 16.2. The number of likely N-dealkylation sites (tertiary alicyclic amines) is 1. The van der Waals surface area contributed by atoms with Gasteiger partial charge in [0.2, 0.25) is 10.0 Å². The van der Waals surface area contributed by atoms with Gasteiger partial charge in [-0.2, -0.15) is 4.31 Å². The van der Waals surface area contributed by atoms with Crippen molar-refractivity contribution < 1.29 is 13.2 Å². The van der Waals surface area contributed by atoms with Crippen molar-refractivity contribution in [1.82, 2.24) is 19.5 Å². The number of nitrogens with zero attached hydrogens (tertiary/aromatic N) is 2. The Morgan fingerprint density at radius 1 is 1.36 bits per heavy atom. The molecule has 2 aliphatic rings. The van der Waals surface area contributed by atoms with Crippen molar-refractivity contribution in [1.29, 1.82) is 0 Å². The molecule has 1 aromatic heterocycles. The van der Waals surface area contributed by atoms with Gasteiger partial charge in [-0.1, -0.05) is 6.92 Å². The van der Waals surface area contributed by atoms with Crippen LogP contribution < -0.4 is 5.32 Å². The Morgan fingerprint density at radius 2 is 2.08 bits per heavy atom. The van der Waals surface area contributed by atoms with Crippen LogP contribution in [-0.2, 0) is 10.0 Å². The lowest BCUT2D eigenvalue weighted by molar-refractivity contribution is 0.0787. The topological polar surface area (TPSA) is 85.5 Å². The molecule has 1 aromatic rings. The Bertz CT molecular complexity index is 679. The number of sulfonamides is 1. The lowest BCUT2D eigenvalue weighted by Crippen LogP contribution is -2.41. The molecule has 3 rings (SSSR count). The van der Waals surface area contributed by atoms with Gasteiger partial charge in [-0.15, -0.1) is 12.4 Å². The molecule has 0 aliphatic carbocycles. The zero-order chi connectivity index (χ0) is 17.2. The van der Waals surface area contributed by atoms with Crippen LogP contribution in [0.25, 0.3) is 0 Å². The van der Waals surface area contributed by atoms with E-state index in [2.05, 4.69) is 10.3 Å². The molecular weight excluding hydrogens is 364 g/mol. The minimum atomic E-state index is -3.59. The van der Waals surface area contributed by atoms with Crippen LogP contribution in [0.3, 0.4) is 0 Å². The van der Waals surface area contributed by atoms with Crippen LogP contribution in [-0.4, -0.2) is 67.3 Å². The normalized spacial score (nSPS) is 20.9. The van der Waals surface area contributed by atoms with E-state index in [0.717, 1.165) is 45.3 Å². The van der Waals surface area contributed by atoms with Crippen LogP contribution in [0.2, 0.25) is 0 Å². The molecule has 142 valence electrons. The largest absolute Gasteiger partial charge is 0.356 e. The molecule has 2 N–H and O–H groups in total. The van der Waals surface area contributed by atoms with Gasteiger partial charge in [-0.25, -0.2) is 8.42 Å². The summed E-state index contributed by atoms with van der Waals surface area (Å²) in [4.78, 5) is 17.2. The fourth-order valence-corrected chi connectivity index (χ4v) is 5.22. The number of carbonyl (C=O) groups excluding carboxylic acids is 1. The van der Waals surface area contributed by atoms with Crippen LogP contribution in [0.1, 0.15) is 43.1 Å². The van der Waals surface area contributed by atoms with Crippen LogP contribution >= 0.6 is 12.4 Å². The van der Waals surface area contributed by atoms with Gasteiger partial charge in [0.05, 0.1) is 0 Å². The summed E-state index contributed by atoms with van der Waals surface area (Å²) in [5.41, 5.74) is 0.358. The minimum absolute atomic E-state index is 0. The maximum absolute atomic E-state index is 13.0. The summed E-state index contributed by atoms with van der Waals surface area (Å²) in [5, 5.41) is 3.22. The average Bonchev–Trinajstić information content (AvgIpc) is 3.34. The molecule has 0 bridgehead atoms. The van der Waals surface area contributed by atoms with E-state index in [1.807, 2.05) is 6.92 Å².